The molecule has 42 heavy (non-hydrogen) atoms. The Morgan fingerprint density at radius 1 is 0.976 bits per heavy atom. The zero-order valence-electron chi connectivity index (χ0n) is 25.4. The molecule has 0 radical (unpaired) electrons. The highest BCUT2D eigenvalue weighted by Gasteiger charge is 2.33. The average Bonchev–Trinajstić information content (AvgIpc) is 2.94. The van der Waals surface area contributed by atoms with Crippen molar-refractivity contribution >= 4 is 39.3 Å². The van der Waals surface area contributed by atoms with E-state index in [4.69, 9.17) is 4.74 Å². The second-order valence-electron chi connectivity index (χ2n) is 11.0. The molecule has 0 bridgehead atoms. The normalized spacial score (nSPS) is 12.4. The first-order valence-corrected chi connectivity index (χ1v) is 16.5. The Morgan fingerprint density at radius 2 is 1.60 bits per heavy atom. The van der Waals surface area contributed by atoms with Crippen molar-refractivity contribution in [1.29, 1.82) is 0 Å². The fourth-order valence-electron chi connectivity index (χ4n) is 4.31. The van der Waals surface area contributed by atoms with Gasteiger partial charge in [0.15, 0.2) is 0 Å². The van der Waals surface area contributed by atoms with Gasteiger partial charge in [0.2, 0.25) is 11.8 Å². The number of anilines is 1. The molecule has 10 heteroatoms. The minimum Gasteiger partial charge on any atom is -0.494 e. The predicted molar refractivity (Wildman–Crippen MR) is 169 cm³/mol. The molecule has 0 aliphatic carbocycles. The maximum absolute atomic E-state index is 14.1. The van der Waals surface area contributed by atoms with Crippen LogP contribution in [0.5, 0.6) is 5.75 Å². The smallest absolute Gasteiger partial charge is 0.264 e. The monoisotopic (exact) mass is 611 g/mol. The Hall–Kier alpha value is -3.50. The number of hydrogen-bond donors (Lipinski definition) is 1. The molecular weight excluding hydrogens is 571 g/mol. The van der Waals surface area contributed by atoms with Gasteiger partial charge in [-0.25, -0.2) is 8.42 Å². The van der Waals surface area contributed by atoms with E-state index in [0.717, 1.165) is 20.3 Å². The molecule has 1 atom stereocenters. The molecule has 0 heterocycles. The van der Waals surface area contributed by atoms with Crippen molar-refractivity contribution in [2.24, 2.45) is 0 Å². The van der Waals surface area contributed by atoms with E-state index < -0.39 is 34.1 Å². The number of carbonyl (C=O) groups excluding carboxylic acids is 2. The summed E-state index contributed by atoms with van der Waals surface area (Å²) in [6.07, 6.45) is 1.91. The van der Waals surface area contributed by atoms with Crippen molar-refractivity contribution in [1.82, 2.24) is 10.2 Å². The maximum atomic E-state index is 14.1. The van der Waals surface area contributed by atoms with Crippen LogP contribution in [0.4, 0.5) is 5.69 Å². The number of nitrogens with one attached hydrogen (secondary N) is 1. The Bertz CT molecular complexity index is 1470. The largest absolute Gasteiger partial charge is 0.494 e. The third-order valence-corrected chi connectivity index (χ3v) is 9.16. The lowest BCUT2D eigenvalue weighted by Gasteiger charge is -2.33. The lowest BCUT2D eigenvalue weighted by molar-refractivity contribution is -0.140. The number of amides is 2. The Balaban J connectivity index is 2.06. The molecule has 226 valence electrons. The molecule has 0 unspecified atom stereocenters. The van der Waals surface area contributed by atoms with Crippen LogP contribution in [0.3, 0.4) is 0 Å². The first kappa shape index (κ1) is 33.0. The highest BCUT2D eigenvalue weighted by Crippen LogP contribution is 2.28. The fourth-order valence-corrected chi connectivity index (χ4v) is 6.13. The summed E-state index contributed by atoms with van der Waals surface area (Å²) in [7, 11) is -4.15. The summed E-state index contributed by atoms with van der Waals surface area (Å²) in [6, 6.07) is 19.9. The van der Waals surface area contributed by atoms with Crippen molar-refractivity contribution in [3.05, 3.63) is 83.9 Å². The zero-order chi connectivity index (χ0) is 31.1. The van der Waals surface area contributed by atoms with Crippen LogP contribution in [-0.2, 0) is 26.2 Å². The molecule has 3 rings (SSSR count). The van der Waals surface area contributed by atoms with E-state index in [-0.39, 0.29) is 17.3 Å². The minimum atomic E-state index is -4.15. The molecule has 0 aromatic heterocycles. The van der Waals surface area contributed by atoms with E-state index in [0.29, 0.717) is 18.0 Å². The Morgan fingerprint density at radius 3 is 2.14 bits per heavy atom. The fraction of sp³-hybridized carbons (Fsp3) is 0.375. The average molecular weight is 612 g/mol. The molecule has 0 aliphatic rings. The van der Waals surface area contributed by atoms with E-state index >= 15 is 0 Å². The summed E-state index contributed by atoms with van der Waals surface area (Å²) < 4.78 is 34.7. The number of hydrogen-bond acceptors (Lipinski definition) is 6. The molecular formula is C32H41N3O5S2. The molecule has 3 aromatic rings. The van der Waals surface area contributed by atoms with E-state index in [1.165, 1.54) is 28.8 Å². The van der Waals surface area contributed by atoms with Crippen LogP contribution >= 0.6 is 11.8 Å². The van der Waals surface area contributed by atoms with Crippen LogP contribution < -0.4 is 14.4 Å². The predicted octanol–water partition coefficient (Wildman–Crippen LogP) is 5.64. The van der Waals surface area contributed by atoms with Crippen LogP contribution in [-0.4, -0.2) is 56.1 Å². The van der Waals surface area contributed by atoms with E-state index in [2.05, 4.69) is 5.32 Å². The first-order chi connectivity index (χ1) is 19.8. The SMILES string of the molecule is CCOc1ccc(N(CC(=O)N(Cc2ccccc2C)[C@@H](C)C(=O)NC(C)(C)C)S(=O)(=O)c2ccc(SC)cc2)cc1. The molecule has 0 fully saturated rings. The summed E-state index contributed by atoms with van der Waals surface area (Å²) in [5.74, 6) is -0.247. The van der Waals surface area contributed by atoms with Gasteiger partial charge in [0.25, 0.3) is 10.0 Å². The van der Waals surface area contributed by atoms with Crippen LogP contribution in [0.25, 0.3) is 0 Å². The van der Waals surface area contributed by atoms with Gasteiger partial charge in [0.05, 0.1) is 17.2 Å². The number of rotatable bonds is 12. The van der Waals surface area contributed by atoms with Crippen molar-refractivity contribution in [2.75, 3.05) is 23.7 Å². The lowest BCUT2D eigenvalue weighted by Crippen LogP contribution is -2.54. The summed E-state index contributed by atoms with van der Waals surface area (Å²) >= 11 is 1.50. The maximum Gasteiger partial charge on any atom is 0.264 e. The van der Waals surface area contributed by atoms with Gasteiger partial charge in [-0.05, 0) is 107 Å². The number of benzene rings is 3. The third-order valence-electron chi connectivity index (χ3n) is 6.63. The Kier molecular flexibility index (Phi) is 11.1. The van der Waals surface area contributed by atoms with Crippen LogP contribution in [0, 0.1) is 6.92 Å². The minimum absolute atomic E-state index is 0.0611. The molecule has 2 amide bonds. The first-order valence-electron chi connectivity index (χ1n) is 13.8. The highest BCUT2D eigenvalue weighted by molar-refractivity contribution is 7.98. The molecule has 1 N–H and O–H groups in total. The van der Waals surface area contributed by atoms with Gasteiger partial charge in [-0.1, -0.05) is 24.3 Å². The van der Waals surface area contributed by atoms with Gasteiger partial charge in [0.1, 0.15) is 18.3 Å². The molecule has 0 aliphatic heterocycles. The molecule has 0 spiro atoms. The second kappa shape index (κ2) is 14.1. The van der Waals surface area contributed by atoms with Crippen molar-refractivity contribution < 1.29 is 22.7 Å². The van der Waals surface area contributed by atoms with Gasteiger partial charge >= 0.3 is 0 Å². The Labute approximate surface area is 254 Å². The van der Waals surface area contributed by atoms with Crippen molar-refractivity contribution in [2.45, 2.75) is 69.5 Å². The molecule has 3 aromatic carbocycles. The summed E-state index contributed by atoms with van der Waals surface area (Å²) in [5.41, 5.74) is 1.62. The molecule has 0 saturated carbocycles. The standard InChI is InChI=1S/C32H41N3O5S2/c1-8-40-27-15-13-26(14-16-27)35(42(38,39)29-19-17-28(41-7)18-20-29)22-30(36)34(21-25-12-10-9-11-23(25)2)24(3)31(37)33-32(4,5)6/h9-20,24H,8,21-22H2,1-7H3,(H,33,37)/t24-/m0/s1. The van der Waals surface area contributed by atoms with Crippen molar-refractivity contribution in [3.8, 4) is 5.75 Å². The molecule has 8 nitrogen and oxygen atoms in total. The van der Waals surface area contributed by atoms with Crippen LogP contribution in [0.15, 0.2) is 82.6 Å². The number of thioether (sulfide) groups is 1. The van der Waals surface area contributed by atoms with Crippen LogP contribution in [0.2, 0.25) is 0 Å². The summed E-state index contributed by atoms with van der Waals surface area (Å²) in [5, 5.41) is 2.94. The number of carbonyl (C=O) groups is 2. The van der Waals surface area contributed by atoms with Crippen molar-refractivity contribution in [3.63, 3.8) is 0 Å². The second-order valence-corrected chi connectivity index (χ2v) is 13.7. The van der Waals surface area contributed by atoms with E-state index in [1.54, 1.807) is 43.3 Å². The van der Waals surface area contributed by atoms with Gasteiger partial charge in [0, 0.05) is 17.0 Å². The summed E-state index contributed by atoms with van der Waals surface area (Å²) in [6.45, 7) is 11.2. The van der Waals surface area contributed by atoms with Crippen LogP contribution in [0.1, 0.15) is 45.7 Å². The quantitative estimate of drug-likeness (QED) is 0.266. The number of nitrogens with zero attached hydrogens (tertiary/aromatic N) is 2. The topological polar surface area (TPSA) is 96.0 Å². The number of aryl methyl sites for hydroxylation is 1. The zero-order valence-corrected chi connectivity index (χ0v) is 27.0. The number of sulfonamides is 1. The lowest BCUT2D eigenvalue weighted by atomic mass is 10.1. The van der Waals surface area contributed by atoms with Gasteiger partial charge in [-0.3, -0.25) is 13.9 Å². The van der Waals surface area contributed by atoms with Gasteiger partial charge in [-0.15, -0.1) is 11.8 Å². The highest BCUT2D eigenvalue weighted by atomic mass is 32.2. The summed E-state index contributed by atoms with van der Waals surface area (Å²) in [4.78, 5) is 29.8. The van der Waals surface area contributed by atoms with E-state index in [9.17, 15) is 18.0 Å². The molecule has 0 saturated heterocycles. The van der Waals surface area contributed by atoms with E-state index in [1.807, 2.05) is 65.1 Å². The third kappa shape index (κ3) is 8.51. The van der Waals surface area contributed by atoms with Gasteiger partial charge < -0.3 is 15.0 Å². The number of ether oxygens (including phenoxy) is 1. The van der Waals surface area contributed by atoms with Gasteiger partial charge in [-0.2, -0.15) is 0 Å².